The molecule has 4 amide bonds. The summed E-state index contributed by atoms with van der Waals surface area (Å²) >= 11 is 2.03. The van der Waals surface area contributed by atoms with Crippen LogP contribution in [0.5, 0.6) is 11.5 Å². The summed E-state index contributed by atoms with van der Waals surface area (Å²) in [6, 6.07) is 8.03. The van der Waals surface area contributed by atoms with Crippen molar-refractivity contribution in [1.29, 1.82) is 0 Å². The number of amides is 4. The topological polar surface area (TPSA) is 111 Å². The fraction of sp³-hybridized carbons (Fsp3) is 0.167. The zero-order chi connectivity index (χ0) is 24.8. The number of terminal acetylenes is 1. The highest BCUT2D eigenvalue weighted by Crippen LogP contribution is 2.35. The Labute approximate surface area is 209 Å². The minimum Gasteiger partial charge on any atom is -0.490 e. The van der Waals surface area contributed by atoms with E-state index in [-0.39, 0.29) is 23.4 Å². The van der Waals surface area contributed by atoms with Gasteiger partial charge in [0, 0.05) is 0 Å². The Morgan fingerprint density at radius 2 is 1.88 bits per heavy atom. The number of halogens is 1. The lowest BCUT2D eigenvalue weighted by Gasteiger charge is -2.26. The largest absolute Gasteiger partial charge is 0.490 e. The van der Waals surface area contributed by atoms with E-state index in [1.165, 1.54) is 37.5 Å². The third kappa shape index (κ3) is 5.20. The Kier molecular flexibility index (Phi) is 7.91. The highest BCUT2D eigenvalue weighted by molar-refractivity contribution is 14.1. The van der Waals surface area contributed by atoms with E-state index in [1.807, 2.05) is 22.6 Å². The van der Waals surface area contributed by atoms with Crippen LogP contribution in [0.15, 0.2) is 42.0 Å². The summed E-state index contributed by atoms with van der Waals surface area (Å²) in [4.78, 5) is 50.5. The lowest BCUT2D eigenvalue weighted by Crippen LogP contribution is -2.54. The number of nitrogens with zero attached hydrogens (tertiary/aromatic N) is 1. The van der Waals surface area contributed by atoms with Gasteiger partial charge < -0.3 is 14.2 Å². The number of carbonyl (C=O) groups is 4. The summed E-state index contributed by atoms with van der Waals surface area (Å²) in [6.07, 6.45) is 6.63. The fourth-order valence-electron chi connectivity index (χ4n) is 3.11. The van der Waals surface area contributed by atoms with Gasteiger partial charge in [-0.3, -0.25) is 14.9 Å². The zero-order valence-corrected chi connectivity index (χ0v) is 20.4. The van der Waals surface area contributed by atoms with Crippen molar-refractivity contribution in [3.8, 4) is 23.8 Å². The quantitative estimate of drug-likeness (QED) is 0.178. The van der Waals surface area contributed by atoms with Crippen LogP contribution in [-0.4, -0.2) is 44.1 Å². The summed E-state index contributed by atoms with van der Waals surface area (Å²) in [5, 5.41) is 2.16. The number of barbiturate groups is 1. The SMILES string of the molecule is C#CCOc1c(I)cc(/C=C2\C(=O)NC(=O)N(c3ccc(C(=O)OC)cc3)C2=O)cc1OCC. The molecule has 0 atom stereocenters. The van der Waals surface area contributed by atoms with Crippen LogP contribution >= 0.6 is 22.6 Å². The van der Waals surface area contributed by atoms with E-state index >= 15 is 0 Å². The lowest BCUT2D eigenvalue weighted by atomic mass is 10.1. The molecular weight excluding hydrogens is 555 g/mol. The van der Waals surface area contributed by atoms with Crippen molar-refractivity contribution in [3.63, 3.8) is 0 Å². The van der Waals surface area contributed by atoms with Gasteiger partial charge in [0.25, 0.3) is 11.8 Å². The molecule has 3 rings (SSSR count). The second-order valence-corrected chi connectivity index (χ2v) is 7.91. The molecule has 0 radical (unpaired) electrons. The summed E-state index contributed by atoms with van der Waals surface area (Å²) < 4.78 is 16.5. The molecule has 1 saturated heterocycles. The molecule has 0 unspecified atom stereocenters. The van der Waals surface area contributed by atoms with Gasteiger partial charge in [0.2, 0.25) is 0 Å². The predicted molar refractivity (Wildman–Crippen MR) is 131 cm³/mol. The van der Waals surface area contributed by atoms with Crippen LogP contribution in [0.3, 0.4) is 0 Å². The average Bonchev–Trinajstić information content (AvgIpc) is 2.81. The second kappa shape index (κ2) is 10.8. The van der Waals surface area contributed by atoms with Gasteiger partial charge in [0.15, 0.2) is 11.5 Å². The average molecular weight is 574 g/mol. The standard InChI is InChI=1S/C24H19IN2O7/c1-4-10-34-20-18(25)12-14(13-19(20)33-5-2)11-17-21(28)26-24(31)27(22(17)29)16-8-6-15(7-9-16)23(30)32-3/h1,6-9,11-13H,5,10H2,2-3H3,(H,26,28,31)/b17-11+. The number of esters is 1. The summed E-state index contributed by atoms with van der Waals surface area (Å²) in [6.45, 7) is 2.20. The van der Waals surface area contributed by atoms with E-state index in [9.17, 15) is 19.2 Å². The Morgan fingerprint density at radius 3 is 2.50 bits per heavy atom. The Hall–Kier alpha value is -3.85. The van der Waals surface area contributed by atoms with E-state index < -0.39 is 23.8 Å². The lowest BCUT2D eigenvalue weighted by molar-refractivity contribution is -0.122. The van der Waals surface area contributed by atoms with Crippen molar-refractivity contribution in [3.05, 3.63) is 56.7 Å². The zero-order valence-electron chi connectivity index (χ0n) is 18.2. The van der Waals surface area contributed by atoms with E-state index in [4.69, 9.17) is 15.9 Å². The van der Waals surface area contributed by atoms with Gasteiger partial charge in [-0.25, -0.2) is 14.5 Å². The molecule has 0 aromatic heterocycles. The number of benzene rings is 2. The molecule has 1 fully saturated rings. The molecule has 0 spiro atoms. The molecule has 1 N–H and O–H groups in total. The van der Waals surface area contributed by atoms with Gasteiger partial charge in [0.1, 0.15) is 12.2 Å². The normalized spacial score (nSPS) is 14.5. The molecule has 0 aliphatic carbocycles. The maximum absolute atomic E-state index is 13.1. The maximum atomic E-state index is 13.1. The molecule has 2 aromatic carbocycles. The Balaban J connectivity index is 1.99. The second-order valence-electron chi connectivity index (χ2n) is 6.75. The molecule has 1 aliphatic rings. The predicted octanol–water partition coefficient (Wildman–Crippen LogP) is 3.15. The van der Waals surface area contributed by atoms with Crippen LogP contribution in [0, 0.1) is 15.9 Å². The van der Waals surface area contributed by atoms with Crippen molar-refractivity contribution < 1.29 is 33.4 Å². The van der Waals surface area contributed by atoms with E-state index in [2.05, 4.69) is 16.0 Å². The van der Waals surface area contributed by atoms with Crippen molar-refractivity contribution in [2.75, 3.05) is 25.2 Å². The van der Waals surface area contributed by atoms with Gasteiger partial charge in [-0.1, -0.05) is 5.92 Å². The minimum absolute atomic E-state index is 0.0449. The van der Waals surface area contributed by atoms with Crippen LogP contribution in [0.4, 0.5) is 10.5 Å². The first-order valence-electron chi connectivity index (χ1n) is 9.93. The molecular formula is C24H19IN2O7. The minimum atomic E-state index is -0.902. The first-order chi connectivity index (χ1) is 16.3. The van der Waals surface area contributed by atoms with Crippen molar-refractivity contribution in [1.82, 2.24) is 5.32 Å². The molecule has 10 heteroatoms. The van der Waals surface area contributed by atoms with Crippen molar-refractivity contribution in [2.45, 2.75) is 6.92 Å². The third-order valence-electron chi connectivity index (χ3n) is 4.59. The van der Waals surface area contributed by atoms with E-state index in [1.54, 1.807) is 19.1 Å². The van der Waals surface area contributed by atoms with Gasteiger partial charge in [-0.05, 0) is 77.6 Å². The van der Waals surface area contributed by atoms with Crippen LogP contribution in [0.25, 0.3) is 6.08 Å². The van der Waals surface area contributed by atoms with Gasteiger partial charge in [-0.2, -0.15) is 0 Å². The van der Waals surface area contributed by atoms with Crippen molar-refractivity contribution >= 4 is 58.2 Å². The number of methoxy groups -OCH3 is 1. The highest BCUT2D eigenvalue weighted by atomic mass is 127. The number of rotatable bonds is 7. The number of ether oxygens (including phenoxy) is 3. The molecule has 34 heavy (non-hydrogen) atoms. The van der Waals surface area contributed by atoms with Crippen LogP contribution in [0.2, 0.25) is 0 Å². The summed E-state index contributed by atoms with van der Waals surface area (Å²) in [5.74, 6) is 1.01. The van der Waals surface area contributed by atoms with Crippen LogP contribution in [-0.2, 0) is 14.3 Å². The fourth-order valence-corrected chi connectivity index (χ4v) is 3.89. The monoisotopic (exact) mass is 574 g/mol. The summed E-state index contributed by atoms with van der Waals surface area (Å²) in [5.41, 5.74) is 0.645. The maximum Gasteiger partial charge on any atom is 0.337 e. The Bertz CT molecular complexity index is 1230. The number of hydrogen-bond donors (Lipinski definition) is 1. The van der Waals surface area contributed by atoms with Gasteiger partial charge in [-0.15, -0.1) is 6.42 Å². The first-order valence-corrected chi connectivity index (χ1v) is 11.0. The van der Waals surface area contributed by atoms with Gasteiger partial charge >= 0.3 is 12.0 Å². The molecule has 2 aromatic rings. The molecule has 1 aliphatic heterocycles. The molecule has 174 valence electrons. The highest BCUT2D eigenvalue weighted by Gasteiger charge is 2.37. The number of anilines is 1. The molecule has 0 saturated carbocycles. The Morgan fingerprint density at radius 1 is 1.18 bits per heavy atom. The van der Waals surface area contributed by atoms with Crippen molar-refractivity contribution in [2.24, 2.45) is 0 Å². The first kappa shape index (κ1) is 24.8. The molecule has 1 heterocycles. The number of hydrogen-bond acceptors (Lipinski definition) is 7. The smallest absolute Gasteiger partial charge is 0.337 e. The van der Waals surface area contributed by atoms with Crippen LogP contribution in [0.1, 0.15) is 22.8 Å². The molecule has 0 bridgehead atoms. The number of imide groups is 2. The van der Waals surface area contributed by atoms with Gasteiger partial charge in [0.05, 0.1) is 28.5 Å². The van der Waals surface area contributed by atoms with Crippen LogP contribution < -0.4 is 19.7 Å². The number of carbonyl (C=O) groups excluding carboxylic acids is 4. The number of nitrogens with one attached hydrogen (secondary N) is 1. The molecule has 9 nitrogen and oxygen atoms in total. The third-order valence-corrected chi connectivity index (χ3v) is 5.39. The summed E-state index contributed by atoms with van der Waals surface area (Å²) in [7, 11) is 1.24. The van der Waals surface area contributed by atoms with E-state index in [0.29, 0.717) is 27.2 Å². The van der Waals surface area contributed by atoms with E-state index in [0.717, 1.165) is 4.90 Å². The number of urea groups is 1.